The third-order valence-electron chi connectivity index (χ3n) is 2.76. The van der Waals surface area contributed by atoms with E-state index in [1.165, 1.54) is 4.90 Å². The highest BCUT2D eigenvalue weighted by molar-refractivity contribution is 6.52. The molecule has 0 atom stereocenters. The van der Waals surface area contributed by atoms with Gasteiger partial charge in [-0.25, -0.2) is 0 Å². The summed E-state index contributed by atoms with van der Waals surface area (Å²) in [6.45, 7) is 5.98. The van der Waals surface area contributed by atoms with E-state index in [-0.39, 0.29) is 0 Å². The van der Waals surface area contributed by atoms with Gasteiger partial charge in [-0.2, -0.15) is 0 Å². The number of anilines is 1. The minimum absolute atomic E-state index is 0.378. The van der Waals surface area contributed by atoms with Crippen LogP contribution in [-0.2, 0) is 11.2 Å². The molecule has 1 aromatic carbocycles. The summed E-state index contributed by atoms with van der Waals surface area (Å²) in [5.74, 6) is -0.865. The fourth-order valence-electron chi connectivity index (χ4n) is 1.88. The number of benzene rings is 1. The molecule has 0 bridgehead atoms. The van der Waals surface area contributed by atoms with E-state index in [9.17, 15) is 9.59 Å². The zero-order valence-corrected chi connectivity index (χ0v) is 9.19. The lowest BCUT2D eigenvalue weighted by Gasteiger charge is -2.13. The molecule has 0 saturated carbocycles. The number of hydrogen-bond acceptors (Lipinski definition) is 2. The lowest BCUT2D eigenvalue weighted by Crippen LogP contribution is -2.29. The molecule has 0 saturated heterocycles. The SMILES string of the molecule is C=CCN1C(=O)C(=O)c2cc(CC)ccc21. The largest absolute Gasteiger partial charge is 0.301 e. The second-order valence-corrected chi connectivity index (χ2v) is 3.74. The summed E-state index contributed by atoms with van der Waals surface area (Å²) in [6, 6.07) is 5.58. The van der Waals surface area contributed by atoms with Gasteiger partial charge in [-0.1, -0.05) is 19.1 Å². The number of carbonyl (C=O) groups is 2. The Morgan fingerprint density at radius 3 is 2.75 bits per heavy atom. The molecule has 0 N–H and O–H groups in total. The van der Waals surface area contributed by atoms with Gasteiger partial charge in [0, 0.05) is 6.54 Å². The summed E-state index contributed by atoms with van der Waals surface area (Å²) in [4.78, 5) is 24.9. The van der Waals surface area contributed by atoms with Crippen molar-refractivity contribution in [1.29, 1.82) is 0 Å². The molecule has 0 spiro atoms. The quantitative estimate of drug-likeness (QED) is 0.571. The molecule has 0 unspecified atom stereocenters. The molecule has 1 heterocycles. The van der Waals surface area contributed by atoms with Crippen LogP contribution in [-0.4, -0.2) is 18.2 Å². The monoisotopic (exact) mass is 215 g/mol. The van der Waals surface area contributed by atoms with E-state index in [0.29, 0.717) is 17.8 Å². The molecule has 3 heteroatoms. The summed E-state index contributed by atoms with van der Waals surface area (Å²) in [5.41, 5.74) is 2.29. The topological polar surface area (TPSA) is 37.4 Å². The average Bonchev–Trinajstić information content (AvgIpc) is 2.54. The van der Waals surface area contributed by atoms with E-state index in [4.69, 9.17) is 0 Å². The van der Waals surface area contributed by atoms with Crippen LogP contribution in [0.4, 0.5) is 5.69 Å². The van der Waals surface area contributed by atoms with Crippen LogP contribution in [0.5, 0.6) is 0 Å². The minimum atomic E-state index is -0.455. The molecule has 0 aromatic heterocycles. The van der Waals surface area contributed by atoms with Crippen molar-refractivity contribution in [2.45, 2.75) is 13.3 Å². The predicted octanol–water partition coefficient (Wildman–Crippen LogP) is 1.96. The number of aryl methyl sites for hydroxylation is 1. The van der Waals surface area contributed by atoms with E-state index in [1.54, 1.807) is 12.1 Å². The minimum Gasteiger partial charge on any atom is -0.301 e. The summed E-state index contributed by atoms with van der Waals surface area (Å²) < 4.78 is 0. The van der Waals surface area contributed by atoms with Crippen LogP contribution in [0, 0.1) is 0 Å². The second kappa shape index (κ2) is 3.93. The summed E-state index contributed by atoms with van der Waals surface area (Å²) in [7, 11) is 0. The van der Waals surface area contributed by atoms with Gasteiger partial charge in [0.05, 0.1) is 11.3 Å². The summed E-state index contributed by atoms with van der Waals surface area (Å²) in [6.07, 6.45) is 2.48. The van der Waals surface area contributed by atoms with Gasteiger partial charge < -0.3 is 4.90 Å². The number of hydrogen-bond donors (Lipinski definition) is 0. The van der Waals surface area contributed by atoms with E-state index in [0.717, 1.165) is 12.0 Å². The molecular weight excluding hydrogens is 202 g/mol. The molecule has 0 fully saturated rings. The standard InChI is InChI=1S/C13H13NO2/c1-3-7-14-11-6-5-9(4-2)8-10(11)12(15)13(14)16/h3,5-6,8H,1,4,7H2,2H3. The fourth-order valence-corrected chi connectivity index (χ4v) is 1.88. The lowest BCUT2D eigenvalue weighted by atomic mass is 10.1. The Morgan fingerprint density at radius 2 is 2.12 bits per heavy atom. The van der Waals surface area contributed by atoms with Crippen molar-refractivity contribution in [3.05, 3.63) is 42.0 Å². The third-order valence-corrected chi connectivity index (χ3v) is 2.76. The van der Waals surface area contributed by atoms with Gasteiger partial charge in [-0.05, 0) is 24.1 Å². The molecule has 0 aliphatic carbocycles. The van der Waals surface area contributed by atoms with E-state index < -0.39 is 11.7 Å². The van der Waals surface area contributed by atoms with Crippen LogP contribution >= 0.6 is 0 Å². The number of ketones is 1. The highest BCUT2D eigenvalue weighted by Crippen LogP contribution is 2.29. The molecule has 0 radical (unpaired) electrons. The molecule has 2 rings (SSSR count). The van der Waals surface area contributed by atoms with Gasteiger partial charge in [0.2, 0.25) is 0 Å². The average molecular weight is 215 g/mol. The smallest absolute Gasteiger partial charge is 0.299 e. The van der Waals surface area contributed by atoms with Crippen LogP contribution in [0.3, 0.4) is 0 Å². The van der Waals surface area contributed by atoms with Gasteiger partial charge in [-0.15, -0.1) is 6.58 Å². The Hall–Kier alpha value is -1.90. The molecule has 1 aliphatic heterocycles. The molecule has 82 valence electrons. The zero-order chi connectivity index (χ0) is 11.7. The molecule has 1 aromatic rings. The number of Topliss-reactive ketones (excluding diaryl/α,β-unsaturated/α-hetero) is 1. The summed E-state index contributed by atoms with van der Waals surface area (Å²) >= 11 is 0. The molecule has 1 aliphatic rings. The first-order valence-electron chi connectivity index (χ1n) is 5.29. The normalized spacial score (nSPS) is 14.2. The van der Waals surface area contributed by atoms with Gasteiger partial charge in [0.25, 0.3) is 11.7 Å². The zero-order valence-electron chi connectivity index (χ0n) is 9.19. The lowest BCUT2D eigenvalue weighted by molar-refractivity contribution is -0.114. The van der Waals surface area contributed by atoms with Crippen LogP contribution in [0.2, 0.25) is 0 Å². The third kappa shape index (κ3) is 1.45. The highest BCUT2D eigenvalue weighted by atomic mass is 16.2. The van der Waals surface area contributed by atoms with Crippen molar-refractivity contribution < 1.29 is 9.59 Å². The van der Waals surface area contributed by atoms with Crippen LogP contribution < -0.4 is 4.90 Å². The molecule has 16 heavy (non-hydrogen) atoms. The van der Waals surface area contributed by atoms with Crippen LogP contribution in [0.1, 0.15) is 22.8 Å². The van der Waals surface area contributed by atoms with Gasteiger partial charge in [-0.3, -0.25) is 9.59 Å². The summed E-state index contributed by atoms with van der Waals surface area (Å²) in [5, 5.41) is 0. The Labute approximate surface area is 94.4 Å². The van der Waals surface area contributed by atoms with E-state index in [1.807, 2.05) is 19.1 Å². The number of nitrogens with zero attached hydrogens (tertiary/aromatic N) is 1. The van der Waals surface area contributed by atoms with E-state index >= 15 is 0 Å². The number of rotatable bonds is 3. The van der Waals surface area contributed by atoms with Crippen molar-refractivity contribution in [2.24, 2.45) is 0 Å². The second-order valence-electron chi connectivity index (χ2n) is 3.74. The molecular formula is C13H13NO2. The molecule has 1 amide bonds. The maximum Gasteiger partial charge on any atom is 0.299 e. The number of carbonyl (C=O) groups excluding carboxylic acids is 2. The first-order valence-corrected chi connectivity index (χ1v) is 5.29. The Bertz CT molecular complexity index is 477. The van der Waals surface area contributed by atoms with Crippen molar-refractivity contribution in [3.63, 3.8) is 0 Å². The maximum absolute atomic E-state index is 11.7. The van der Waals surface area contributed by atoms with Crippen molar-refractivity contribution in [2.75, 3.05) is 11.4 Å². The highest BCUT2D eigenvalue weighted by Gasteiger charge is 2.34. The fraction of sp³-hybridized carbons (Fsp3) is 0.231. The van der Waals surface area contributed by atoms with Crippen molar-refractivity contribution in [1.82, 2.24) is 0 Å². The first kappa shape index (κ1) is 10.6. The van der Waals surface area contributed by atoms with E-state index in [2.05, 4.69) is 6.58 Å². The first-order chi connectivity index (χ1) is 7.69. The van der Waals surface area contributed by atoms with Crippen LogP contribution in [0.15, 0.2) is 30.9 Å². The predicted molar refractivity (Wildman–Crippen MR) is 62.7 cm³/mol. The number of fused-ring (bicyclic) bond motifs is 1. The Balaban J connectivity index is 2.51. The van der Waals surface area contributed by atoms with Gasteiger partial charge in [0.1, 0.15) is 0 Å². The van der Waals surface area contributed by atoms with Gasteiger partial charge >= 0.3 is 0 Å². The maximum atomic E-state index is 11.7. The van der Waals surface area contributed by atoms with Crippen LogP contribution in [0.25, 0.3) is 0 Å². The van der Waals surface area contributed by atoms with Crippen molar-refractivity contribution >= 4 is 17.4 Å². The Kier molecular flexibility index (Phi) is 2.60. The molecule has 3 nitrogen and oxygen atoms in total. The number of amides is 1. The Morgan fingerprint density at radius 1 is 1.38 bits per heavy atom. The van der Waals surface area contributed by atoms with Crippen molar-refractivity contribution in [3.8, 4) is 0 Å². The van der Waals surface area contributed by atoms with Gasteiger partial charge in [0.15, 0.2) is 0 Å².